The Hall–Kier alpha value is -1.24. The summed E-state index contributed by atoms with van der Waals surface area (Å²) in [7, 11) is 0. The molecular weight excluding hydrogens is 356 g/mol. The zero-order valence-electron chi connectivity index (χ0n) is 11.7. The molecule has 0 radical (unpaired) electrons. The van der Waals surface area contributed by atoms with Gasteiger partial charge in [-0.1, -0.05) is 27.5 Å². The van der Waals surface area contributed by atoms with Crippen molar-refractivity contribution < 1.29 is 5.11 Å². The molecular formula is C14H16BrClN4O. The minimum Gasteiger partial charge on any atom is -0.387 e. The second kappa shape index (κ2) is 6.68. The van der Waals surface area contributed by atoms with Crippen LogP contribution in [-0.2, 0) is 5.54 Å². The smallest absolute Gasteiger partial charge is 0.223 e. The predicted molar refractivity (Wildman–Crippen MR) is 86.7 cm³/mol. The molecule has 0 spiro atoms. The van der Waals surface area contributed by atoms with Gasteiger partial charge in [0.1, 0.15) is 0 Å². The standard InChI is InChI=1S/C14H16BrClN4O/c1-14(2,12-10(16)4-3-5-17-12)20-13-18-7-9(8-19-13)11(21)6-15/h3-5,7-8,11,21H,6H2,1-2H3,(H,18,19,20). The molecule has 0 bridgehead atoms. The first kappa shape index (κ1) is 16.1. The summed E-state index contributed by atoms with van der Waals surface area (Å²) in [6.07, 6.45) is 4.27. The van der Waals surface area contributed by atoms with Crippen molar-refractivity contribution in [1.82, 2.24) is 15.0 Å². The van der Waals surface area contributed by atoms with E-state index in [2.05, 4.69) is 36.2 Å². The zero-order valence-corrected chi connectivity index (χ0v) is 14.1. The molecule has 2 N–H and O–H groups in total. The summed E-state index contributed by atoms with van der Waals surface area (Å²) >= 11 is 9.39. The fourth-order valence-electron chi connectivity index (χ4n) is 1.85. The van der Waals surface area contributed by atoms with Crippen molar-refractivity contribution in [3.63, 3.8) is 0 Å². The molecule has 2 aromatic rings. The van der Waals surface area contributed by atoms with Crippen LogP contribution in [0.2, 0.25) is 5.02 Å². The van der Waals surface area contributed by atoms with Gasteiger partial charge >= 0.3 is 0 Å². The number of aromatic nitrogens is 3. The summed E-state index contributed by atoms with van der Waals surface area (Å²) in [6.45, 7) is 3.90. The lowest BCUT2D eigenvalue weighted by Gasteiger charge is -2.26. The molecule has 1 unspecified atom stereocenters. The van der Waals surface area contributed by atoms with Gasteiger partial charge in [-0.2, -0.15) is 0 Å². The number of halogens is 2. The van der Waals surface area contributed by atoms with Crippen LogP contribution in [0.25, 0.3) is 0 Å². The van der Waals surface area contributed by atoms with Crippen LogP contribution in [0.1, 0.15) is 31.2 Å². The lowest BCUT2D eigenvalue weighted by molar-refractivity contribution is 0.204. The average Bonchev–Trinajstić information content (AvgIpc) is 2.47. The highest BCUT2D eigenvalue weighted by atomic mass is 79.9. The average molecular weight is 372 g/mol. The summed E-state index contributed by atoms with van der Waals surface area (Å²) in [4.78, 5) is 12.7. The van der Waals surface area contributed by atoms with Gasteiger partial charge in [-0.15, -0.1) is 0 Å². The zero-order chi connectivity index (χ0) is 15.5. The van der Waals surface area contributed by atoms with Crippen molar-refractivity contribution in [3.05, 3.63) is 47.0 Å². The topological polar surface area (TPSA) is 70.9 Å². The first-order valence-electron chi connectivity index (χ1n) is 6.39. The monoisotopic (exact) mass is 370 g/mol. The van der Waals surface area contributed by atoms with Gasteiger partial charge in [0, 0.05) is 29.5 Å². The molecule has 0 amide bonds. The van der Waals surface area contributed by atoms with E-state index in [-0.39, 0.29) is 0 Å². The first-order chi connectivity index (χ1) is 9.94. The Morgan fingerprint density at radius 2 is 2.00 bits per heavy atom. The Labute approximate surface area is 136 Å². The molecule has 0 aliphatic heterocycles. The quantitative estimate of drug-likeness (QED) is 0.789. The fourth-order valence-corrected chi connectivity index (χ4v) is 2.58. The molecule has 2 aromatic heterocycles. The SMILES string of the molecule is CC(C)(Nc1ncc(C(O)CBr)cn1)c1ncccc1Cl. The van der Waals surface area contributed by atoms with Crippen molar-refractivity contribution in [2.75, 3.05) is 10.6 Å². The van der Waals surface area contributed by atoms with Crippen molar-refractivity contribution in [2.24, 2.45) is 0 Å². The normalized spacial score (nSPS) is 13.0. The third kappa shape index (κ3) is 3.90. The minimum absolute atomic E-state index is 0.443. The van der Waals surface area contributed by atoms with Crippen LogP contribution in [-0.4, -0.2) is 25.4 Å². The molecule has 0 aliphatic rings. The van der Waals surface area contributed by atoms with Crippen LogP contribution in [0.4, 0.5) is 5.95 Å². The van der Waals surface area contributed by atoms with Crippen molar-refractivity contribution in [3.8, 4) is 0 Å². The Morgan fingerprint density at radius 1 is 1.33 bits per heavy atom. The van der Waals surface area contributed by atoms with Crippen molar-refractivity contribution in [2.45, 2.75) is 25.5 Å². The Bertz CT molecular complexity index is 606. The minimum atomic E-state index is -0.614. The van der Waals surface area contributed by atoms with Crippen molar-refractivity contribution >= 4 is 33.5 Å². The number of alkyl halides is 1. The highest BCUT2D eigenvalue weighted by molar-refractivity contribution is 9.09. The van der Waals surface area contributed by atoms with Gasteiger partial charge in [0.2, 0.25) is 5.95 Å². The van der Waals surface area contributed by atoms with Gasteiger partial charge in [0.25, 0.3) is 0 Å². The molecule has 7 heteroatoms. The van der Waals surface area contributed by atoms with Gasteiger partial charge in [0.05, 0.1) is 22.4 Å². The van der Waals surface area contributed by atoms with Crippen LogP contribution in [0.3, 0.4) is 0 Å². The summed E-state index contributed by atoms with van der Waals surface area (Å²) in [5, 5.41) is 13.9. The number of aliphatic hydroxyl groups excluding tert-OH is 1. The number of hydrogen-bond acceptors (Lipinski definition) is 5. The maximum atomic E-state index is 9.69. The second-order valence-corrected chi connectivity index (χ2v) is 6.15. The Morgan fingerprint density at radius 3 is 2.57 bits per heavy atom. The summed E-state index contributed by atoms with van der Waals surface area (Å²) < 4.78 is 0. The highest BCUT2D eigenvalue weighted by Gasteiger charge is 2.25. The summed E-state index contributed by atoms with van der Waals surface area (Å²) in [5.41, 5.74) is 0.861. The van der Waals surface area contributed by atoms with E-state index in [1.807, 2.05) is 13.8 Å². The Balaban J connectivity index is 2.19. The molecule has 0 aliphatic carbocycles. The number of anilines is 1. The lowest BCUT2D eigenvalue weighted by atomic mass is 10.00. The number of nitrogens with zero attached hydrogens (tertiary/aromatic N) is 3. The van der Waals surface area contributed by atoms with E-state index in [0.29, 0.717) is 21.9 Å². The third-order valence-electron chi connectivity index (χ3n) is 2.98. The molecule has 2 heterocycles. The summed E-state index contributed by atoms with van der Waals surface area (Å²) in [6, 6.07) is 3.58. The van der Waals surface area contributed by atoms with E-state index in [0.717, 1.165) is 5.69 Å². The lowest BCUT2D eigenvalue weighted by Crippen LogP contribution is -2.30. The molecule has 21 heavy (non-hydrogen) atoms. The molecule has 1 atom stereocenters. The van der Waals surface area contributed by atoms with Crippen LogP contribution < -0.4 is 5.32 Å². The van der Waals surface area contributed by atoms with Gasteiger partial charge in [0.15, 0.2) is 0 Å². The number of rotatable bonds is 5. The number of nitrogens with one attached hydrogen (secondary N) is 1. The maximum Gasteiger partial charge on any atom is 0.223 e. The maximum absolute atomic E-state index is 9.69. The van der Waals surface area contributed by atoms with E-state index in [4.69, 9.17) is 11.6 Å². The molecule has 0 aromatic carbocycles. The molecule has 112 valence electrons. The molecule has 5 nitrogen and oxygen atoms in total. The van der Waals surface area contributed by atoms with E-state index >= 15 is 0 Å². The number of aliphatic hydroxyl groups is 1. The molecule has 0 saturated carbocycles. The van der Waals surface area contributed by atoms with Crippen LogP contribution in [0.15, 0.2) is 30.7 Å². The molecule has 2 rings (SSSR count). The summed E-state index contributed by atoms with van der Waals surface area (Å²) in [5.74, 6) is 0.451. The van der Waals surface area contributed by atoms with Gasteiger partial charge in [-0.05, 0) is 26.0 Å². The van der Waals surface area contributed by atoms with E-state index in [9.17, 15) is 5.11 Å². The number of hydrogen-bond donors (Lipinski definition) is 2. The van der Waals surface area contributed by atoms with E-state index in [1.54, 1.807) is 30.7 Å². The first-order valence-corrected chi connectivity index (χ1v) is 7.89. The third-order valence-corrected chi connectivity index (χ3v) is 3.90. The van der Waals surface area contributed by atoms with Crippen LogP contribution >= 0.6 is 27.5 Å². The highest BCUT2D eigenvalue weighted by Crippen LogP contribution is 2.28. The second-order valence-electron chi connectivity index (χ2n) is 5.09. The largest absolute Gasteiger partial charge is 0.387 e. The van der Waals surface area contributed by atoms with E-state index < -0.39 is 11.6 Å². The predicted octanol–water partition coefficient (Wildman–Crippen LogP) is 3.30. The van der Waals surface area contributed by atoms with Gasteiger partial charge in [-0.3, -0.25) is 4.98 Å². The van der Waals surface area contributed by atoms with Gasteiger partial charge in [-0.25, -0.2) is 9.97 Å². The Kier molecular flexibility index (Phi) is 5.13. The van der Waals surface area contributed by atoms with E-state index in [1.165, 1.54) is 0 Å². The van der Waals surface area contributed by atoms with Crippen molar-refractivity contribution in [1.29, 1.82) is 0 Å². The molecule has 0 fully saturated rings. The van der Waals surface area contributed by atoms with Crippen LogP contribution in [0, 0.1) is 0 Å². The molecule has 0 saturated heterocycles. The van der Waals surface area contributed by atoms with Gasteiger partial charge < -0.3 is 10.4 Å². The fraction of sp³-hybridized carbons (Fsp3) is 0.357. The van der Waals surface area contributed by atoms with Crippen LogP contribution in [0.5, 0.6) is 0 Å². The number of pyridine rings is 1.